The van der Waals surface area contributed by atoms with Gasteiger partial charge in [0.15, 0.2) is 0 Å². The number of ether oxygens (including phenoxy) is 1. The van der Waals surface area contributed by atoms with Crippen LogP contribution < -0.4 is 15.4 Å². The Bertz CT molecular complexity index is 882. The first-order chi connectivity index (χ1) is 12.1. The molecular weight excluding hydrogens is 338 g/mol. The predicted molar refractivity (Wildman–Crippen MR) is 99.9 cm³/mol. The van der Waals surface area contributed by atoms with E-state index in [2.05, 4.69) is 15.6 Å². The highest BCUT2D eigenvalue weighted by molar-refractivity contribution is 6.30. The number of nitrogens with zero attached hydrogens (tertiary/aromatic N) is 1. The summed E-state index contributed by atoms with van der Waals surface area (Å²) in [6.45, 7) is 0. The van der Waals surface area contributed by atoms with Crippen molar-refractivity contribution >= 4 is 34.6 Å². The highest BCUT2D eigenvalue weighted by Crippen LogP contribution is 2.21. The number of rotatable bonds is 5. The molecular formula is C19H16ClN3O2. The number of hydrogen-bond donors (Lipinski definition) is 2. The molecule has 0 saturated carbocycles. The molecule has 2 N–H and O–H groups in total. The molecule has 1 heterocycles. The van der Waals surface area contributed by atoms with Gasteiger partial charge in [-0.2, -0.15) is 0 Å². The number of methoxy groups -OCH3 is 1. The molecule has 0 spiro atoms. The van der Waals surface area contributed by atoms with Gasteiger partial charge in [-0.1, -0.05) is 17.7 Å². The Labute approximate surface area is 150 Å². The molecule has 0 saturated heterocycles. The van der Waals surface area contributed by atoms with Crippen molar-refractivity contribution in [3.05, 3.63) is 77.6 Å². The summed E-state index contributed by atoms with van der Waals surface area (Å²) >= 11 is 5.93. The van der Waals surface area contributed by atoms with Crippen LogP contribution in [0.4, 0.5) is 17.1 Å². The quantitative estimate of drug-likeness (QED) is 0.695. The normalized spacial score (nSPS) is 10.2. The van der Waals surface area contributed by atoms with E-state index in [4.69, 9.17) is 16.3 Å². The largest absolute Gasteiger partial charge is 0.497 e. The van der Waals surface area contributed by atoms with E-state index in [1.807, 2.05) is 24.3 Å². The lowest BCUT2D eigenvalue weighted by atomic mass is 10.2. The van der Waals surface area contributed by atoms with Gasteiger partial charge in [-0.3, -0.25) is 9.78 Å². The molecule has 2 aromatic carbocycles. The maximum Gasteiger partial charge on any atom is 0.274 e. The smallest absolute Gasteiger partial charge is 0.274 e. The van der Waals surface area contributed by atoms with Gasteiger partial charge in [0.2, 0.25) is 0 Å². The summed E-state index contributed by atoms with van der Waals surface area (Å²) in [6.07, 6.45) is 1.58. The van der Waals surface area contributed by atoms with E-state index in [0.29, 0.717) is 16.4 Å². The van der Waals surface area contributed by atoms with Crippen LogP contribution in [0.3, 0.4) is 0 Å². The Morgan fingerprint density at radius 3 is 2.52 bits per heavy atom. The average Bonchev–Trinajstić information content (AvgIpc) is 2.62. The van der Waals surface area contributed by atoms with Crippen molar-refractivity contribution in [1.82, 2.24) is 4.98 Å². The van der Waals surface area contributed by atoms with Crippen LogP contribution in [0, 0.1) is 0 Å². The summed E-state index contributed by atoms with van der Waals surface area (Å²) < 4.78 is 5.13. The molecule has 0 aliphatic rings. The lowest BCUT2D eigenvalue weighted by Gasteiger charge is -2.09. The van der Waals surface area contributed by atoms with E-state index in [1.54, 1.807) is 49.7 Å². The predicted octanol–water partition coefficient (Wildman–Crippen LogP) is 4.74. The molecule has 0 radical (unpaired) electrons. The number of amides is 1. The fourth-order valence-corrected chi connectivity index (χ4v) is 2.43. The van der Waals surface area contributed by atoms with Crippen molar-refractivity contribution in [3.63, 3.8) is 0 Å². The van der Waals surface area contributed by atoms with Crippen molar-refractivity contribution < 1.29 is 9.53 Å². The molecule has 6 heteroatoms. The zero-order chi connectivity index (χ0) is 17.6. The second kappa shape index (κ2) is 7.68. The molecule has 126 valence electrons. The van der Waals surface area contributed by atoms with Crippen molar-refractivity contribution in [1.29, 1.82) is 0 Å². The maximum atomic E-state index is 12.4. The van der Waals surface area contributed by atoms with Crippen LogP contribution in [0.25, 0.3) is 0 Å². The monoisotopic (exact) mass is 353 g/mol. The molecule has 1 aromatic heterocycles. The highest BCUT2D eigenvalue weighted by Gasteiger charge is 2.09. The van der Waals surface area contributed by atoms with E-state index in [9.17, 15) is 4.79 Å². The van der Waals surface area contributed by atoms with Crippen LogP contribution in [0.5, 0.6) is 5.75 Å². The van der Waals surface area contributed by atoms with Gasteiger partial charge in [-0.15, -0.1) is 0 Å². The number of anilines is 3. The topological polar surface area (TPSA) is 63.2 Å². The number of halogens is 1. The van der Waals surface area contributed by atoms with Gasteiger partial charge in [0.25, 0.3) is 5.91 Å². The number of carbonyl (C=O) groups excluding carboxylic acids is 1. The Hall–Kier alpha value is -3.05. The minimum absolute atomic E-state index is 0.304. The highest BCUT2D eigenvalue weighted by atomic mass is 35.5. The summed E-state index contributed by atoms with van der Waals surface area (Å²) in [6, 6.07) is 17.9. The fraction of sp³-hybridized carbons (Fsp3) is 0.0526. The maximum absolute atomic E-state index is 12.4. The van der Waals surface area contributed by atoms with Gasteiger partial charge in [0, 0.05) is 28.3 Å². The van der Waals surface area contributed by atoms with Crippen molar-refractivity contribution in [2.24, 2.45) is 0 Å². The van der Waals surface area contributed by atoms with Crippen LogP contribution in [0.2, 0.25) is 5.02 Å². The molecule has 0 aliphatic heterocycles. The third-order valence-electron chi connectivity index (χ3n) is 3.45. The summed E-state index contributed by atoms with van der Waals surface area (Å²) in [4.78, 5) is 16.5. The first-order valence-corrected chi connectivity index (χ1v) is 7.96. The zero-order valence-corrected chi connectivity index (χ0v) is 14.2. The van der Waals surface area contributed by atoms with E-state index in [1.165, 1.54) is 0 Å². The second-order valence-corrected chi connectivity index (χ2v) is 5.68. The lowest BCUT2D eigenvalue weighted by molar-refractivity contribution is 0.102. The molecule has 5 nitrogen and oxygen atoms in total. The Kier molecular flexibility index (Phi) is 5.16. The Morgan fingerprint density at radius 2 is 1.80 bits per heavy atom. The van der Waals surface area contributed by atoms with Gasteiger partial charge >= 0.3 is 0 Å². The minimum atomic E-state index is -0.305. The third-order valence-corrected chi connectivity index (χ3v) is 3.69. The van der Waals surface area contributed by atoms with E-state index < -0.39 is 0 Å². The molecule has 0 atom stereocenters. The van der Waals surface area contributed by atoms with Crippen LogP contribution in [-0.4, -0.2) is 18.0 Å². The first kappa shape index (κ1) is 16.8. The number of nitrogens with one attached hydrogen (secondary N) is 2. The average molecular weight is 354 g/mol. The van der Waals surface area contributed by atoms with Gasteiger partial charge in [0.1, 0.15) is 11.4 Å². The number of pyridine rings is 1. The SMILES string of the molecule is COc1ccc(Nc2ccnc(C(=O)Nc3cccc(Cl)c3)c2)cc1. The minimum Gasteiger partial charge on any atom is -0.497 e. The zero-order valence-electron chi connectivity index (χ0n) is 13.5. The molecule has 0 aliphatic carbocycles. The fourth-order valence-electron chi connectivity index (χ4n) is 2.23. The van der Waals surface area contributed by atoms with Crippen LogP contribution >= 0.6 is 11.6 Å². The standard InChI is InChI=1S/C19H16ClN3O2/c1-25-17-7-5-14(6-8-17)22-16-9-10-21-18(12-16)19(24)23-15-4-2-3-13(20)11-15/h2-12H,1H3,(H,21,22)(H,23,24). The van der Waals surface area contributed by atoms with Gasteiger partial charge < -0.3 is 15.4 Å². The number of aromatic nitrogens is 1. The lowest BCUT2D eigenvalue weighted by Crippen LogP contribution is -2.13. The molecule has 25 heavy (non-hydrogen) atoms. The summed E-state index contributed by atoms with van der Waals surface area (Å²) in [5.41, 5.74) is 2.57. The van der Waals surface area contributed by atoms with E-state index in [-0.39, 0.29) is 5.91 Å². The van der Waals surface area contributed by atoms with Gasteiger partial charge in [-0.05, 0) is 54.6 Å². The molecule has 0 unspecified atom stereocenters. The molecule has 3 aromatic rings. The molecule has 0 bridgehead atoms. The third kappa shape index (κ3) is 4.49. The molecule has 1 amide bonds. The molecule has 0 fully saturated rings. The summed E-state index contributed by atoms with van der Waals surface area (Å²) in [7, 11) is 1.62. The summed E-state index contributed by atoms with van der Waals surface area (Å²) in [5.74, 6) is 0.475. The van der Waals surface area contributed by atoms with Crippen LogP contribution in [0.1, 0.15) is 10.5 Å². The molecule has 3 rings (SSSR count). The first-order valence-electron chi connectivity index (χ1n) is 7.58. The Morgan fingerprint density at radius 1 is 1.00 bits per heavy atom. The second-order valence-electron chi connectivity index (χ2n) is 5.25. The van der Waals surface area contributed by atoms with Crippen molar-refractivity contribution in [2.75, 3.05) is 17.7 Å². The van der Waals surface area contributed by atoms with Crippen LogP contribution in [0.15, 0.2) is 66.9 Å². The van der Waals surface area contributed by atoms with Crippen LogP contribution in [-0.2, 0) is 0 Å². The Balaban J connectivity index is 1.72. The number of carbonyl (C=O) groups is 1. The van der Waals surface area contributed by atoms with Gasteiger partial charge in [-0.25, -0.2) is 0 Å². The van der Waals surface area contributed by atoms with E-state index in [0.717, 1.165) is 17.1 Å². The van der Waals surface area contributed by atoms with E-state index >= 15 is 0 Å². The number of hydrogen-bond acceptors (Lipinski definition) is 4. The van der Waals surface area contributed by atoms with Crippen molar-refractivity contribution in [2.45, 2.75) is 0 Å². The summed E-state index contributed by atoms with van der Waals surface area (Å²) in [5, 5.41) is 6.56. The van der Waals surface area contributed by atoms with Crippen molar-refractivity contribution in [3.8, 4) is 5.75 Å². The number of benzene rings is 2. The van der Waals surface area contributed by atoms with Gasteiger partial charge in [0.05, 0.1) is 7.11 Å².